The largest absolute Gasteiger partial charge is 0.493 e. The molecular weight excluding hydrogens is 396 g/mol. The maximum absolute atomic E-state index is 12.5. The highest BCUT2D eigenvalue weighted by Gasteiger charge is 2.19. The lowest BCUT2D eigenvalue weighted by molar-refractivity contribution is -0.383. The minimum absolute atomic E-state index is 0.0529. The Balaban J connectivity index is 1.79. The highest BCUT2D eigenvalue weighted by molar-refractivity contribution is 7.13. The van der Waals surface area contributed by atoms with Gasteiger partial charge >= 0.3 is 11.3 Å². The molecule has 0 unspecified atom stereocenters. The van der Waals surface area contributed by atoms with Gasteiger partial charge in [0.1, 0.15) is 5.01 Å². The van der Waals surface area contributed by atoms with Crippen LogP contribution in [0, 0.1) is 10.1 Å². The van der Waals surface area contributed by atoms with Crippen molar-refractivity contribution in [1.29, 1.82) is 0 Å². The fraction of sp³-hybridized carbons (Fsp3) is 0.100. The highest BCUT2D eigenvalue weighted by atomic mass is 32.1. The van der Waals surface area contributed by atoms with Gasteiger partial charge in [0, 0.05) is 22.4 Å². The predicted octanol–water partition coefficient (Wildman–Crippen LogP) is 4.51. The zero-order valence-electron chi connectivity index (χ0n) is 15.4. The Labute approximate surface area is 168 Å². The highest BCUT2D eigenvalue weighted by Crippen LogP contribution is 2.35. The van der Waals surface area contributed by atoms with Gasteiger partial charge in [0.05, 0.1) is 30.4 Å². The second kappa shape index (κ2) is 7.36. The van der Waals surface area contributed by atoms with Crippen molar-refractivity contribution < 1.29 is 18.8 Å². The number of benzene rings is 2. The molecule has 0 radical (unpaired) electrons. The van der Waals surface area contributed by atoms with E-state index in [1.807, 2.05) is 11.4 Å². The standard InChI is InChI=1S/C20H14N2O6S/c1-26-16-7-6-11(9-17(16)27-2)14-10-29-19(21-14)13-8-12-4-3-5-15(22(24)25)18(12)28-20(13)23/h3-10H,1-2H3. The van der Waals surface area contributed by atoms with E-state index in [0.717, 1.165) is 5.56 Å². The number of nitro benzene ring substituents is 1. The van der Waals surface area contributed by atoms with Crippen molar-refractivity contribution in [2.45, 2.75) is 0 Å². The number of rotatable bonds is 5. The summed E-state index contributed by atoms with van der Waals surface area (Å²) in [6.07, 6.45) is 0. The van der Waals surface area contributed by atoms with Gasteiger partial charge in [0.2, 0.25) is 5.58 Å². The van der Waals surface area contributed by atoms with Crippen molar-refractivity contribution >= 4 is 28.0 Å². The molecule has 8 nitrogen and oxygen atoms in total. The van der Waals surface area contributed by atoms with Gasteiger partial charge < -0.3 is 13.9 Å². The van der Waals surface area contributed by atoms with Crippen molar-refractivity contribution in [2.75, 3.05) is 14.2 Å². The smallest absolute Gasteiger partial charge is 0.346 e. The number of fused-ring (bicyclic) bond motifs is 1. The molecule has 0 aliphatic rings. The van der Waals surface area contributed by atoms with E-state index in [1.54, 1.807) is 44.6 Å². The summed E-state index contributed by atoms with van der Waals surface area (Å²) < 4.78 is 15.8. The van der Waals surface area contributed by atoms with E-state index in [9.17, 15) is 14.9 Å². The van der Waals surface area contributed by atoms with Crippen LogP contribution in [0.4, 0.5) is 5.69 Å². The number of hydrogen-bond acceptors (Lipinski definition) is 8. The summed E-state index contributed by atoms with van der Waals surface area (Å²) in [6.45, 7) is 0. The molecule has 4 rings (SSSR count). The first-order valence-corrected chi connectivity index (χ1v) is 9.29. The Morgan fingerprint density at radius 1 is 1.10 bits per heavy atom. The quantitative estimate of drug-likeness (QED) is 0.271. The summed E-state index contributed by atoms with van der Waals surface area (Å²) in [5.41, 5.74) is 0.712. The molecule has 0 saturated carbocycles. The van der Waals surface area contributed by atoms with Gasteiger partial charge in [0.15, 0.2) is 11.5 Å². The summed E-state index contributed by atoms with van der Waals surface area (Å²) in [5.74, 6) is 1.17. The van der Waals surface area contributed by atoms with E-state index in [4.69, 9.17) is 13.9 Å². The molecule has 9 heteroatoms. The Kier molecular flexibility index (Phi) is 4.73. The minimum Gasteiger partial charge on any atom is -0.493 e. The number of hydrogen-bond donors (Lipinski definition) is 0. The maximum atomic E-state index is 12.5. The van der Waals surface area contributed by atoms with E-state index in [1.165, 1.54) is 17.4 Å². The number of aromatic nitrogens is 1. The van der Waals surface area contributed by atoms with Crippen LogP contribution < -0.4 is 15.1 Å². The van der Waals surface area contributed by atoms with Crippen LogP contribution in [0.3, 0.4) is 0 Å². The lowest BCUT2D eigenvalue weighted by Gasteiger charge is -2.08. The average Bonchev–Trinajstić information content (AvgIpc) is 3.22. The first-order chi connectivity index (χ1) is 14.0. The first-order valence-electron chi connectivity index (χ1n) is 8.41. The van der Waals surface area contributed by atoms with Crippen molar-refractivity contribution in [2.24, 2.45) is 0 Å². The minimum atomic E-state index is -0.681. The van der Waals surface area contributed by atoms with Crippen molar-refractivity contribution in [3.63, 3.8) is 0 Å². The molecular formula is C20H14N2O6S. The molecule has 0 fully saturated rings. The van der Waals surface area contributed by atoms with Gasteiger partial charge in [-0.3, -0.25) is 10.1 Å². The molecule has 146 valence electrons. The molecule has 0 saturated heterocycles. The number of ether oxygens (including phenoxy) is 2. The Bertz CT molecular complexity index is 1290. The zero-order valence-corrected chi connectivity index (χ0v) is 16.2. The Morgan fingerprint density at radius 2 is 1.90 bits per heavy atom. The third-order valence-corrected chi connectivity index (χ3v) is 5.23. The Hall–Kier alpha value is -3.72. The molecule has 2 aromatic heterocycles. The van der Waals surface area contributed by atoms with Gasteiger partial charge in [-0.2, -0.15) is 0 Å². The fourth-order valence-corrected chi connectivity index (χ4v) is 3.78. The summed E-state index contributed by atoms with van der Waals surface area (Å²) in [6, 6.07) is 11.5. The molecule has 0 amide bonds. The number of nitro groups is 1. The van der Waals surface area contributed by atoms with E-state index >= 15 is 0 Å². The second-order valence-corrected chi connectivity index (χ2v) is 6.87. The predicted molar refractivity (Wildman–Crippen MR) is 109 cm³/mol. The van der Waals surface area contributed by atoms with Crippen LogP contribution in [-0.4, -0.2) is 24.1 Å². The van der Waals surface area contributed by atoms with E-state index in [2.05, 4.69) is 4.98 Å². The average molecular weight is 410 g/mol. The summed E-state index contributed by atoms with van der Waals surface area (Å²) in [5, 5.41) is 13.9. The Morgan fingerprint density at radius 3 is 2.62 bits per heavy atom. The normalized spacial score (nSPS) is 10.8. The van der Waals surface area contributed by atoms with E-state index in [0.29, 0.717) is 27.6 Å². The number of non-ortho nitro benzene ring substituents is 1. The van der Waals surface area contributed by atoms with Crippen LogP contribution in [0.5, 0.6) is 11.5 Å². The molecule has 2 heterocycles. The van der Waals surface area contributed by atoms with Gasteiger partial charge in [-0.05, 0) is 24.3 Å². The van der Waals surface area contributed by atoms with Crippen LogP contribution in [-0.2, 0) is 0 Å². The van der Waals surface area contributed by atoms with E-state index < -0.39 is 10.5 Å². The molecule has 0 spiro atoms. The number of methoxy groups -OCH3 is 2. The summed E-state index contributed by atoms with van der Waals surface area (Å²) in [4.78, 5) is 27.6. The summed E-state index contributed by atoms with van der Waals surface area (Å²) >= 11 is 1.28. The maximum Gasteiger partial charge on any atom is 0.346 e. The third-order valence-electron chi connectivity index (χ3n) is 4.35. The molecule has 4 aromatic rings. The molecule has 0 atom stereocenters. The SMILES string of the molecule is COc1ccc(-c2csc(-c3cc4cccc([N+](=O)[O-])c4oc3=O)n2)cc1OC. The number of para-hydroxylation sites is 1. The van der Waals surface area contributed by atoms with Crippen molar-refractivity contribution in [3.05, 3.63) is 68.4 Å². The molecule has 0 aliphatic heterocycles. The van der Waals surface area contributed by atoms with Gasteiger partial charge in [-0.15, -0.1) is 11.3 Å². The molecule has 0 N–H and O–H groups in total. The zero-order chi connectivity index (χ0) is 20.5. The lowest BCUT2D eigenvalue weighted by atomic mass is 10.1. The van der Waals surface area contributed by atoms with Gasteiger partial charge in [-0.25, -0.2) is 9.78 Å². The van der Waals surface area contributed by atoms with Crippen LogP contribution >= 0.6 is 11.3 Å². The summed E-state index contributed by atoms with van der Waals surface area (Å²) in [7, 11) is 3.11. The van der Waals surface area contributed by atoms with Gasteiger partial charge in [-0.1, -0.05) is 12.1 Å². The van der Waals surface area contributed by atoms with Crippen molar-refractivity contribution in [3.8, 4) is 33.3 Å². The van der Waals surface area contributed by atoms with Crippen LogP contribution in [0.15, 0.2) is 57.1 Å². The third kappa shape index (κ3) is 3.32. The molecule has 2 aromatic carbocycles. The topological polar surface area (TPSA) is 105 Å². The molecule has 29 heavy (non-hydrogen) atoms. The lowest BCUT2D eigenvalue weighted by Crippen LogP contribution is -2.03. The monoisotopic (exact) mass is 410 g/mol. The van der Waals surface area contributed by atoms with Gasteiger partial charge in [0.25, 0.3) is 0 Å². The second-order valence-electron chi connectivity index (χ2n) is 6.01. The number of thiazole rings is 1. The van der Waals surface area contributed by atoms with Crippen molar-refractivity contribution in [1.82, 2.24) is 4.98 Å². The number of nitrogens with zero attached hydrogens (tertiary/aromatic N) is 2. The van der Waals surface area contributed by atoms with Crippen LogP contribution in [0.25, 0.3) is 32.8 Å². The van der Waals surface area contributed by atoms with Crippen LogP contribution in [0.2, 0.25) is 0 Å². The van der Waals surface area contributed by atoms with E-state index in [-0.39, 0.29) is 16.8 Å². The van der Waals surface area contributed by atoms with Crippen LogP contribution in [0.1, 0.15) is 0 Å². The molecule has 0 aliphatic carbocycles. The molecule has 0 bridgehead atoms. The first kappa shape index (κ1) is 18.6. The fourth-order valence-electron chi connectivity index (χ4n) is 2.95.